The van der Waals surface area contributed by atoms with E-state index in [1.54, 1.807) is 18.2 Å². The summed E-state index contributed by atoms with van der Waals surface area (Å²) in [6.07, 6.45) is 3.74. The fourth-order valence-electron chi connectivity index (χ4n) is 2.62. The highest BCUT2D eigenvalue weighted by Gasteiger charge is 2.06. The molecule has 0 aliphatic heterocycles. The first-order chi connectivity index (χ1) is 12.5. The molecular formula is C21H21F2N3. The minimum atomic E-state index is -0.287. The molecule has 0 spiro atoms. The van der Waals surface area contributed by atoms with E-state index in [-0.39, 0.29) is 11.6 Å². The standard InChI is InChI=1S/C21H21F2N3/c1-26(2)12-11-24-21-14-18(9-5-15-3-6-16(22)7-4-15)25-20-10-8-17(23)13-19(20)21/h3-10,13-14H,11-12H2,1-2H3,(H,24,25). The smallest absolute Gasteiger partial charge is 0.124 e. The number of benzene rings is 2. The highest BCUT2D eigenvalue weighted by Crippen LogP contribution is 2.25. The van der Waals surface area contributed by atoms with Gasteiger partial charge in [0.25, 0.3) is 0 Å². The summed E-state index contributed by atoms with van der Waals surface area (Å²) in [5.41, 5.74) is 3.20. The molecule has 1 aromatic heterocycles. The molecule has 134 valence electrons. The molecule has 5 heteroatoms. The van der Waals surface area contributed by atoms with Crippen LogP contribution in [0.4, 0.5) is 14.5 Å². The predicted molar refractivity (Wildman–Crippen MR) is 104 cm³/mol. The largest absolute Gasteiger partial charge is 0.383 e. The van der Waals surface area contributed by atoms with Crippen LogP contribution in [0.15, 0.2) is 48.5 Å². The molecule has 0 fully saturated rings. The lowest BCUT2D eigenvalue weighted by atomic mass is 10.1. The van der Waals surface area contributed by atoms with Crippen molar-refractivity contribution in [2.75, 3.05) is 32.5 Å². The summed E-state index contributed by atoms with van der Waals surface area (Å²) in [6.45, 7) is 1.60. The van der Waals surface area contributed by atoms with Gasteiger partial charge in [0.2, 0.25) is 0 Å². The van der Waals surface area contributed by atoms with Gasteiger partial charge in [-0.05, 0) is 62.1 Å². The minimum Gasteiger partial charge on any atom is -0.383 e. The Morgan fingerprint density at radius 1 is 0.962 bits per heavy atom. The number of likely N-dealkylation sites (N-methyl/N-ethyl adjacent to an activating group) is 1. The van der Waals surface area contributed by atoms with E-state index in [9.17, 15) is 8.78 Å². The Morgan fingerprint density at radius 3 is 2.42 bits per heavy atom. The van der Waals surface area contributed by atoms with Gasteiger partial charge in [0, 0.05) is 24.2 Å². The Bertz CT molecular complexity index is 918. The zero-order valence-corrected chi connectivity index (χ0v) is 14.8. The van der Waals surface area contributed by atoms with E-state index in [1.165, 1.54) is 24.3 Å². The van der Waals surface area contributed by atoms with Crippen LogP contribution in [0.2, 0.25) is 0 Å². The number of fused-ring (bicyclic) bond motifs is 1. The fourth-order valence-corrected chi connectivity index (χ4v) is 2.62. The van der Waals surface area contributed by atoms with Gasteiger partial charge < -0.3 is 10.2 Å². The first-order valence-electron chi connectivity index (χ1n) is 8.44. The Labute approximate surface area is 152 Å². The highest BCUT2D eigenvalue weighted by molar-refractivity contribution is 5.93. The molecule has 3 rings (SSSR count). The number of nitrogens with one attached hydrogen (secondary N) is 1. The van der Waals surface area contributed by atoms with Crippen molar-refractivity contribution in [1.82, 2.24) is 9.88 Å². The summed E-state index contributed by atoms with van der Waals surface area (Å²) < 4.78 is 26.7. The quantitative estimate of drug-likeness (QED) is 0.699. The van der Waals surface area contributed by atoms with Crippen molar-refractivity contribution in [1.29, 1.82) is 0 Å². The molecule has 3 aromatic rings. The normalized spacial score (nSPS) is 11.6. The van der Waals surface area contributed by atoms with Gasteiger partial charge in [0.15, 0.2) is 0 Å². The van der Waals surface area contributed by atoms with Gasteiger partial charge in [-0.2, -0.15) is 0 Å². The molecule has 0 aliphatic rings. The summed E-state index contributed by atoms with van der Waals surface area (Å²) in [6, 6.07) is 12.7. The van der Waals surface area contributed by atoms with E-state index in [1.807, 2.05) is 32.3 Å². The Morgan fingerprint density at radius 2 is 1.69 bits per heavy atom. The second-order valence-electron chi connectivity index (χ2n) is 6.37. The van der Waals surface area contributed by atoms with Crippen molar-refractivity contribution in [3.63, 3.8) is 0 Å². The van der Waals surface area contributed by atoms with Gasteiger partial charge in [0.05, 0.1) is 11.2 Å². The molecule has 0 aliphatic carbocycles. The van der Waals surface area contributed by atoms with Crippen LogP contribution in [0.5, 0.6) is 0 Å². The Balaban J connectivity index is 1.92. The molecule has 0 unspecified atom stereocenters. The maximum Gasteiger partial charge on any atom is 0.124 e. The maximum atomic E-state index is 13.7. The first kappa shape index (κ1) is 18.0. The number of halogens is 2. The van der Waals surface area contributed by atoms with Crippen molar-refractivity contribution in [2.24, 2.45) is 0 Å². The molecule has 2 aromatic carbocycles. The van der Waals surface area contributed by atoms with Crippen LogP contribution in [0, 0.1) is 11.6 Å². The number of pyridine rings is 1. The van der Waals surface area contributed by atoms with Gasteiger partial charge >= 0.3 is 0 Å². The Kier molecular flexibility index (Phi) is 5.58. The lowest BCUT2D eigenvalue weighted by molar-refractivity contribution is 0.425. The molecule has 1 heterocycles. The molecule has 0 atom stereocenters. The molecule has 0 saturated carbocycles. The monoisotopic (exact) mass is 353 g/mol. The van der Waals surface area contributed by atoms with E-state index in [2.05, 4.69) is 15.2 Å². The van der Waals surface area contributed by atoms with Crippen LogP contribution in [0.3, 0.4) is 0 Å². The number of hydrogen-bond donors (Lipinski definition) is 1. The number of nitrogens with zero attached hydrogens (tertiary/aromatic N) is 2. The topological polar surface area (TPSA) is 28.2 Å². The van der Waals surface area contributed by atoms with Crippen LogP contribution in [0.1, 0.15) is 11.3 Å². The van der Waals surface area contributed by atoms with Crippen LogP contribution >= 0.6 is 0 Å². The van der Waals surface area contributed by atoms with E-state index in [0.717, 1.165) is 40.9 Å². The van der Waals surface area contributed by atoms with Gasteiger partial charge in [-0.15, -0.1) is 0 Å². The van der Waals surface area contributed by atoms with Crippen LogP contribution in [-0.2, 0) is 0 Å². The second kappa shape index (κ2) is 8.06. The van der Waals surface area contributed by atoms with Gasteiger partial charge in [-0.1, -0.05) is 18.2 Å². The van der Waals surface area contributed by atoms with E-state index >= 15 is 0 Å². The fraction of sp³-hybridized carbons (Fsp3) is 0.190. The lowest BCUT2D eigenvalue weighted by Gasteiger charge is -2.14. The predicted octanol–water partition coefficient (Wildman–Crippen LogP) is 4.66. The van der Waals surface area contributed by atoms with Crippen LogP contribution in [0.25, 0.3) is 23.1 Å². The Hall–Kier alpha value is -2.79. The molecule has 0 radical (unpaired) electrons. The zero-order chi connectivity index (χ0) is 18.5. The van der Waals surface area contributed by atoms with Crippen molar-refractivity contribution < 1.29 is 8.78 Å². The van der Waals surface area contributed by atoms with E-state index < -0.39 is 0 Å². The number of anilines is 1. The molecule has 0 saturated heterocycles. The molecule has 0 amide bonds. The molecule has 0 bridgehead atoms. The third-order valence-electron chi connectivity index (χ3n) is 3.98. The zero-order valence-electron chi connectivity index (χ0n) is 14.8. The summed E-state index contributed by atoms with van der Waals surface area (Å²) in [7, 11) is 4.01. The average molecular weight is 353 g/mol. The summed E-state index contributed by atoms with van der Waals surface area (Å²) in [5.74, 6) is -0.551. The van der Waals surface area contributed by atoms with Crippen molar-refractivity contribution in [3.8, 4) is 0 Å². The second-order valence-corrected chi connectivity index (χ2v) is 6.37. The minimum absolute atomic E-state index is 0.264. The van der Waals surface area contributed by atoms with E-state index in [4.69, 9.17) is 0 Å². The molecular weight excluding hydrogens is 332 g/mol. The van der Waals surface area contributed by atoms with Crippen molar-refractivity contribution in [2.45, 2.75) is 0 Å². The van der Waals surface area contributed by atoms with Crippen molar-refractivity contribution >= 4 is 28.7 Å². The first-order valence-corrected chi connectivity index (χ1v) is 8.44. The third kappa shape index (κ3) is 4.64. The molecule has 1 N–H and O–H groups in total. The SMILES string of the molecule is CN(C)CCNc1cc(C=Cc2ccc(F)cc2)nc2ccc(F)cc12. The molecule has 3 nitrogen and oxygen atoms in total. The summed E-state index contributed by atoms with van der Waals surface area (Å²) in [5, 5.41) is 4.11. The summed E-state index contributed by atoms with van der Waals surface area (Å²) >= 11 is 0. The van der Waals surface area contributed by atoms with E-state index in [0.29, 0.717) is 0 Å². The van der Waals surface area contributed by atoms with Gasteiger partial charge in [-0.3, -0.25) is 0 Å². The third-order valence-corrected chi connectivity index (χ3v) is 3.98. The van der Waals surface area contributed by atoms with Gasteiger partial charge in [-0.25, -0.2) is 13.8 Å². The van der Waals surface area contributed by atoms with Crippen LogP contribution in [-0.4, -0.2) is 37.1 Å². The average Bonchev–Trinajstić information content (AvgIpc) is 2.61. The van der Waals surface area contributed by atoms with Crippen LogP contribution < -0.4 is 5.32 Å². The number of aromatic nitrogens is 1. The van der Waals surface area contributed by atoms with Crippen molar-refractivity contribution in [3.05, 3.63) is 71.4 Å². The maximum absolute atomic E-state index is 13.7. The summed E-state index contributed by atoms with van der Waals surface area (Å²) in [4.78, 5) is 6.65. The number of rotatable bonds is 6. The number of hydrogen-bond acceptors (Lipinski definition) is 3. The highest BCUT2D eigenvalue weighted by atomic mass is 19.1. The molecule has 26 heavy (non-hydrogen) atoms. The van der Waals surface area contributed by atoms with Gasteiger partial charge in [0.1, 0.15) is 11.6 Å². The lowest BCUT2D eigenvalue weighted by Crippen LogP contribution is -2.20.